The zero-order valence-corrected chi connectivity index (χ0v) is 35.8. The first-order chi connectivity index (χ1) is 30.0. The average molecular weight is 859 g/mol. The summed E-state index contributed by atoms with van der Waals surface area (Å²) < 4.78 is 36.0. The molecule has 1 aliphatic heterocycles. The molecule has 4 N–H and O–H groups in total. The highest BCUT2D eigenvalue weighted by Gasteiger charge is 2.37. The van der Waals surface area contributed by atoms with Crippen LogP contribution in [-0.4, -0.2) is 64.0 Å². The fraction of sp³-hybridized carbons (Fsp3) is 0.417. The number of fused-ring (bicyclic) bond motifs is 1. The Morgan fingerprint density at radius 1 is 1.02 bits per heavy atom. The highest BCUT2D eigenvalue weighted by Crippen LogP contribution is 2.47. The first kappa shape index (κ1) is 41.8. The molecule has 5 aromatic rings. The van der Waals surface area contributed by atoms with Crippen molar-refractivity contribution in [2.24, 2.45) is 5.92 Å². The molecule has 0 spiro atoms. The van der Waals surface area contributed by atoms with E-state index in [1.807, 2.05) is 19.1 Å². The second-order valence-corrected chi connectivity index (χ2v) is 19.3. The van der Waals surface area contributed by atoms with E-state index in [-0.39, 0.29) is 22.9 Å². The summed E-state index contributed by atoms with van der Waals surface area (Å²) in [4.78, 5) is 35.3. The van der Waals surface area contributed by atoms with Gasteiger partial charge in [0.15, 0.2) is 0 Å². The number of amides is 1. The molecule has 13 nitrogen and oxygen atoms in total. The fourth-order valence-electron chi connectivity index (χ4n) is 9.86. The molecule has 3 heterocycles. The maximum atomic E-state index is 14.0. The number of likely N-dealkylation sites (tertiary alicyclic amines) is 1. The second-order valence-electron chi connectivity index (χ2n) is 17.6. The van der Waals surface area contributed by atoms with Crippen molar-refractivity contribution in [3.8, 4) is 11.5 Å². The van der Waals surface area contributed by atoms with Gasteiger partial charge in [-0.05, 0) is 154 Å². The van der Waals surface area contributed by atoms with Gasteiger partial charge < -0.3 is 20.1 Å². The summed E-state index contributed by atoms with van der Waals surface area (Å²) >= 11 is 0. The van der Waals surface area contributed by atoms with Crippen LogP contribution in [0.3, 0.4) is 0 Å². The number of sulfonamides is 1. The zero-order chi connectivity index (χ0) is 43.0. The van der Waals surface area contributed by atoms with Gasteiger partial charge in [0, 0.05) is 36.3 Å². The van der Waals surface area contributed by atoms with Crippen LogP contribution >= 0.6 is 0 Å². The maximum Gasteiger partial charge on any atom is 0.293 e. The third-order valence-electron chi connectivity index (χ3n) is 13.7. The van der Waals surface area contributed by atoms with Gasteiger partial charge in [-0.2, -0.15) is 0 Å². The van der Waals surface area contributed by atoms with Crippen LogP contribution < -0.4 is 14.8 Å². The van der Waals surface area contributed by atoms with E-state index in [1.165, 1.54) is 55.1 Å². The molecular formula is C48H54N6O7S. The molecule has 3 fully saturated rings. The van der Waals surface area contributed by atoms with Crippen molar-refractivity contribution in [2.75, 3.05) is 18.4 Å². The van der Waals surface area contributed by atoms with Gasteiger partial charge in [-0.15, -0.1) is 0 Å². The number of H-pyrrole nitrogens is 1. The fourth-order valence-corrected chi connectivity index (χ4v) is 10.8. The number of benzene rings is 3. The molecule has 0 radical (unpaired) electrons. The van der Waals surface area contributed by atoms with E-state index in [0.717, 1.165) is 61.2 Å². The summed E-state index contributed by atoms with van der Waals surface area (Å²) in [5.74, 6) is 0.481. The Bertz CT molecular complexity index is 2630. The number of aliphatic hydroxyl groups is 1. The lowest BCUT2D eigenvalue weighted by atomic mass is 9.77. The Morgan fingerprint density at radius 3 is 2.56 bits per heavy atom. The van der Waals surface area contributed by atoms with E-state index < -0.39 is 37.0 Å². The molecule has 9 rings (SSSR count). The minimum absolute atomic E-state index is 0.0229. The van der Waals surface area contributed by atoms with E-state index in [0.29, 0.717) is 55.2 Å². The van der Waals surface area contributed by atoms with Crippen molar-refractivity contribution in [1.29, 1.82) is 0 Å². The normalized spacial score (nSPS) is 23.2. The zero-order valence-electron chi connectivity index (χ0n) is 35.0. The van der Waals surface area contributed by atoms with Crippen LogP contribution in [0.15, 0.2) is 96.2 Å². The standard InChI is InChI=1S/C48H54N6O7S/c1-2-48(56)22-19-31(20-23-48)29-50-42-18-16-38(28-44(42)54(57)58)62(59,60)52-47(55)41-17-13-34(27-45(41)61-37-26-35-21-24-49-46(35)51-30-37)32-11-14-36(15-12-32)53-25-5-8-43(53)40-7-4-3-6-39(40)33-9-10-33/h3-4,6-7,11,13,16-18,21,24,26-28,30-31,33,36,43,50,56H,2,5,8-10,12,14-15,19-20,22-23,25,29H2,1H3,(H,49,51)(H,52,55)/t31?,36?,43-,48?/m0/s1. The number of carbonyl (C=O) groups is 1. The molecule has 4 aliphatic rings. The van der Waals surface area contributed by atoms with Gasteiger partial charge >= 0.3 is 0 Å². The summed E-state index contributed by atoms with van der Waals surface area (Å²) in [6, 6.07) is 22.2. The first-order valence-electron chi connectivity index (χ1n) is 22.1. The largest absolute Gasteiger partial charge is 0.455 e. The summed E-state index contributed by atoms with van der Waals surface area (Å²) in [6.45, 7) is 3.50. The van der Waals surface area contributed by atoms with Gasteiger partial charge in [0.25, 0.3) is 21.6 Å². The molecule has 3 aliphatic carbocycles. The van der Waals surface area contributed by atoms with Crippen LogP contribution in [0.1, 0.15) is 123 Å². The SMILES string of the molecule is CCC1(O)CCC(CNc2ccc(S(=O)(=O)NC(=O)c3ccc(C4=CCC(N5CCC[C@H]5c5ccccc5C5CC5)CC4)cc3Oc3cnc4[nH]ccc4c3)cc2[N+](=O)[O-])CC1. The summed E-state index contributed by atoms with van der Waals surface area (Å²) in [5.41, 5.74) is 4.77. The Kier molecular flexibility index (Phi) is 11.7. The molecule has 1 amide bonds. The highest BCUT2D eigenvalue weighted by molar-refractivity contribution is 7.90. The van der Waals surface area contributed by atoms with Crippen LogP contribution in [-0.2, 0) is 10.0 Å². The molecule has 14 heteroatoms. The van der Waals surface area contributed by atoms with E-state index >= 15 is 0 Å². The molecule has 2 aromatic heterocycles. The van der Waals surface area contributed by atoms with Crippen LogP contribution in [0.25, 0.3) is 16.6 Å². The molecule has 62 heavy (non-hydrogen) atoms. The van der Waals surface area contributed by atoms with Gasteiger partial charge in [0.2, 0.25) is 0 Å². The Hall–Kier alpha value is -5.57. The van der Waals surface area contributed by atoms with Crippen molar-refractivity contribution < 1.29 is 28.0 Å². The van der Waals surface area contributed by atoms with Crippen LogP contribution in [0.4, 0.5) is 11.4 Å². The summed E-state index contributed by atoms with van der Waals surface area (Å²) in [5, 5.41) is 26.7. The van der Waals surface area contributed by atoms with Gasteiger partial charge in [-0.3, -0.25) is 19.8 Å². The molecular weight excluding hydrogens is 805 g/mol. The predicted molar refractivity (Wildman–Crippen MR) is 239 cm³/mol. The number of carbonyl (C=O) groups excluding carboxylic acids is 1. The van der Waals surface area contributed by atoms with Crippen molar-refractivity contribution in [1.82, 2.24) is 19.6 Å². The van der Waals surface area contributed by atoms with Gasteiger partial charge in [0.1, 0.15) is 22.8 Å². The first-order valence-corrected chi connectivity index (χ1v) is 23.6. The highest BCUT2D eigenvalue weighted by atomic mass is 32.2. The Morgan fingerprint density at radius 2 is 1.82 bits per heavy atom. The van der Waals surface area contributed by atoms with Crippen LogP contribution in [0.5, 0.6) is 11.5 Å². The Labute approximate surface area is 362 Å². The molecule has 3 aromatic carbocycles. The smallest absolute Gasteiger partial charge is 0.293 e. The number of nitrogens with one attached hydrogen (secondary N) is 3. The number of ether oxygens (including phenoxy) is 1. The molecule has 1 saturated heterocycles. The lowest BCUT2D eigenvalue weighted by molar-refractivity contribution is -0.384. The molecule has 324 valence electrons. The van der Waals surface area contributed by atoms with Crippen molar-refractivity contribution >= 4 is 43.9 Å². The van der Waals surface area contributed by atoms with E-state index in [9.17, 15) is 28.4 Å². The van der Waals surface area contributed by atoms with Crippen molar-refractivity contribution in [3.05, 3.63) is 124 Å². The third kappa shape index (κ3) is 8.86. The Balaban J connectivity index is 0.935. The van der Waals surface area contributed by atoms with E-state index in [4.69, 9.17) is 4.74 Å². The number of aromatic amines is 1. The van der Waals surface area contributed by atoms with Gasteiger partial charge in [-0.25, -0.2) is 18.1 Å². The number of anilines is 1. The number of nitro benzene ring substituents is 1. The topological polar surface area (TPSA) is 180 Å². The van der Waals surface area contributed by atoms with Gasteiger partial charge in [0.05, 0.1) is 27.2 Å². The number of aromatic nitrogens is 2. The lowest BCUT2D eigenvalue weighted by Crippen LogP contribution is -2.36. The third-order valence-corrected chi connectivity index (χ3v) is 15.0. The number of hydrogen-bond acceptors (Lipinski definition) is 10. The number of hydrogen-bond donors (Lipinski definition) is 4. The maximum absolute atomic E-state index is 14.0. The lowest BCUT2D eigenvalue weighted by Gasteiger charge is -2.36. The number of rotatable bonds is 14. The summed E-state index contributed by atoms with van der Waals surface area (Å²) in [6.07, 6.45) is 16.8. The molecule has 2 saturated carbocycles. The van der Waals surface area contributed by atoms with E-state index in [1.54, 1.807) is 24.4 Å². The minimum Gasteiger partial charge on any atom is -0.455 e. The average Bonchev–Trinajstić information content (AvgIpc) is 3.82. The molecule has 1 unspecified atom stereocenters. The molecule has 0 bridgehead atoms. The summed E-state index contributed by atoms with van der Waals surface area (Å²) in [7, 11) is -4.56. The van der Waals surface area contributed by atoms with Crippen molar-refractivity contribution in [3.63, 3.8) is 0 Å². The second kappa shape index (κ2) is 17.3. The van der Waals surface area contributed by atoms with E-state index in [2.05, 4.69) is 55.2 Å². The monoisotopic (exact) mass is 858 g/mol. The van der Waals surface area contributed by atoms with Crippen LogP contribution in [0, 0.1) is 16.0 Å². The van der Waals surface area contributed by atoms with Crippen LogP contribution in [0.2, 0.25) is 0 Å². The van der Waals surface area contributed by atoms with Gasteiger partial charge in [-0.1, -0.05) is 43.3 Å². The number of pyridine rings is 1. The number of nitrogens with zero attached hydrogens (tertiary/aromatic N) is 3. The molecule has 2 atom stereocenters. The number of allylic oxidation sites excluding steroid dienone is 1. The quantitative estimate of drug-likeness (QED) is 0.0620. The predicted octanol–water partition coefficient (Wildman–Crippen LogP) is 9.78. The van der Waals surface area contributed by atoms with Crippen molar-refractivity contribution in [2.45, 2.75) is 112 Å². The minimum atomic E-state index is -4.56. The number of nitro groups is 1.